The van der Waals surface area contributed by atoms with Crippen molar-refractivity contribution in [3.63, 3.8) is 0 Å². The molecule has 0 fully saturated rings. The molecule has 1 atom stereocenters. The van der Waals surface area contributed by atoms with E-state index in [2.05, 4.69) is 10.6 Å². The number of rotatable bonds is 6. The highest BCUT2D eigenvalue weighted by molar-refractivity contribution is 6.34. The fourth-order valence-electron chi connectivity index (χ4n) is 1.67. The molecule has 0 bridgehead atoms. The highest BCUT2D eigenvalue weighted by Crippen LogP contribution is 2.25. The van der Waals surface area contributed by atoms with Gasteiger partial charge in [0.25, 0.3) is 0 Å². The third kappa shape index (κ3) is 5.19. The van der Waals surface area contributed by atoms with E-state index < -0.39 is 6.04 Å². The minimum atomic E-state index is -0.524. The van der Waals surface area contributed by atoms with Gasteiger partial charge in [0, 0.05) is 12.6 Å². The zero-order chi connectivity index (χ0) is 15.1. The van der Waals surface area contributed by atoms with Crippen LogP contribution in [0.25, 0.3) is 0 Å². The molecule has 0 saturated heterocycles. The highest BCUT2D eigenvalue weighted by atomic mass is 35.5. The van der Waals surface area contributed by atoms with E-state index in [0.29, 0.717) is 22.8 Å². The van der Waals surface area contributed by atoms with Gasteiger partial charge in [-0.1, -0.05) is 31.4 Å². The summed E-state index contributed by atoms with van der Waals surface area (Å²) in [5.41, 5.74) is 6.85. The third-order valence-corrected chi connectivity index (χ3v) is 3.07. The van der Waals surface area contributed by atoms with Gasteiger partial charge in [0.05, 0.1) is 16.8 Å². The fraction of sp³-hybridized carbons (Fsp3) is 0.429. The SMILES string of the molecule is CCCCC(N)C(=O)Nc1ccc(NC(C)=O)c(Cl)c1. The van der Waals surface area contributed by atoms with E-state index >= 15 is 0 Å². The lowest BCUT2D eigenvalue weighted by atomic mass is 10.1. The molecule has 0 aromatic heterocycles. The van der Waals surface area contributed by atoms with Gasteiger partial charge in [-0.15, -0.1) is 0 Å². The third-order valence-electron chi connectivity index (χ3n) is 2.75. The Hall–Kier alpha value is -1.59. The number of carbonyl (C=O) groups excluding carboxylic acids is 2. The van der Waals surface area contributed by atoms with Crippen molar-refractivity contribution in [2.75, 3.05) is 10.6 Å². The summed E-state index contributed by atoms with van der Waals surface area (Å²) in [7, 11) is 0. The Labute approximate surface area is 123 Å². The topological polar surface area (TPSA) is 84.2 Å². The minimum absolute atomic E-state index is 0.203. The van der Waals surface area contributed by atoms with Gasteiger partial charge >= 0.3 is 0 Å². The van der Waals surface area contributed by atoms with Crippen molar-refractivity contribution in [1.29, 1.82) is 0 Å². The Morgan fingerprint density at radius 3 is 2.60 bits per heavy atom. The van der Waals surface area contributed by atoms with Crippen molar-refractivity contribution in [2.24, 2.45) is 5.73 Å². The molecule has 1 unspecified atom stereocenters. The van der Waals surface area contributed by atoms with Crippen molar-refractivity contribution in [2.45, 2.75) is 39.2 Å². The van der Waals surface area contributed by atoms with E-state index in [4.69, 9.17) is 17.3 Å². The number of unbranched alkanes of at least 4 members (excludes halogenated alkanes) is 1. The first-order chi connectivity index (χ1) is 9.43. The highest BCUT2D eigenvalue weighted by Gasteiger charge is 2.13. The summed E-state index contributed by atoms with van der Waals surface area (Å²) >= 11 is 6.02. The Morgan fingerprint density at radius 1 is 1.35 bits per heavy atom. The van der Waals surface area contributed by atoms with E-state index in [1.165, 1.54) is 6.92 Å². The van der Waals surface area contributed by atoms with Gasteiger partial charge in [-0.3, -0.25) is 9.59 Å². The molecule has 0 heterocycles. The number of hydrogen-bond donors (Lipinski definition) is 3. The second-order valence-electron chi connectivity index (χ2n) is 4.61. The normalized spacial score (nSPS) is 11.8. The molecule has 2 amide bonds. The maximum absolute atomic E-state index is 11.8. The molecule has 110 valence electrons. The van der Waals surface area contributed by atoms with Gasteiger partial charge in [-0.05, 0) is 24.6 Å². The van der Waals surface area contributed by atoms with Gasteiger partial charge in [0.15, 0.2) is 0 Å². The second-order valence-corrected chi connectivity index (χ2v) is 5.02. The molecule has 6 heteroatoms. The van der Waals surface area contributed by atoms with Gasteiger partial charge in [-0.25, -0.2) is 0 Å². The molecule has 1 aromatic carbocycles. The quantitative estimate of drug-likeness (QED) is 0.755. The average Bonchev–Trinajstić information content (AvgIpc) is 2.38. The number of benzene rings is 1. The predicted molar refractivity (Wildman–Crippen MR) is 81.9 cm³/mol. The van der Waals surface area contributed by atoms with Crippen molar-refractivity contribution < 1.29 is 9.59 Å². The molecule has 0 saturated carbocycles. The van der Waals surface area contributed by atoms with E-state index in [1.54, 1.807) is 18.2 Å². The molecule has 4 N–H and O–H groups in total. The smallest absolute Gasteiger partial charge is 0.241 e. The van der Waals surface area contributed by atoms with Crippen LogP contribution in [-0.4, -0.2) is 17.9 Å². The molecule has 20 heavy (non-hydrogen) atoms. The van der Waals surface area contributed by atoms with Crippen LogP contribution in [0.15, 0.2) is 18.2 Å². The van der Waals surface area contributed by atoms with Crippen molar-refractivity contribution in [3.8, 4) is 0 Å². The molecule has 0 spiro atoms. The fourth-order valence-corrected chi connectivity index (χ4v) is 1.90. The van der Waals surface area contributed by atoms with Crippen molar-refractivity contribution in [3.05, 3.63) is 23.2 Å². The summed E-state index contributed by atoms with van der Waals surface area (Å²) in [6.07, 6.45) is 2.56. The first-order valence-electron chi connectivity index (χ1n) is 6.57. The molecule has 0 radical (unpaired) electrons. The zero-order valence-corrected chi connectivity index (χ0v) is 12.5. The van der Waals surface area contributed by atoms with E-state index in [-0.39, 0.29) is 11.8 Å². The van der Waals surface area contributed by atoms with E-state index in [0.717, 1.165) is 12.8 Å². The Kier molecular flexibility index (Phi) is 6.48. The largest absolute Gasteiger partial charge is 0.325 e. The van der Waals surface area contributed by atoms with Crippen LogP contribution in [0.3, 0.4) is 0 Å². The predicted octanol–water partition coefficient (Wildman–Crippen LogP) is 2.75. The number of halogens is 1. The number of nitrogens with two attached hydrogens (primary N) is 1. The lowest BCUT2D eigenvalue weighted by molar-refractivity contribution is -0.117. The number of anilines is 2. The zero-order valence-electron chi connectivity index (χ0n) is 11.7. The second kappa shape index (κ2) is 7.87. The summed E-state index contributed by atoms with van der Waals surface area (Å²) in [4.78, 5) is 22.8. The molecule has 0 aliphatic carbocycles. The molecular weight excluding hydrogens is 278 g/mol. The molecule has 5 nitrogen and oxygen atoms in total. The van der Waals surface area contributed by atoms with Crippen LogP contribution in [0.2, 0.25) is 5.02 Å². The first kappa shape index (κ1) is 16.5. The lowest BCUT2D eigenvalue weighted by Crippen LogP contribution is -2.35. The average molecular weight is 298 g/mol. The lowest BCUT2D eigenvalue weighted by Gasteiger charge is -2.13. The Bertz CT molecular complexity index is 491. The van der Waals surface area contributed by atoms with E-state index in [1.807, 2.05) is 6.92 Å². The minimum Gasteiger partial charge on any atom is -0.325 e. The molecular formula is C14H20ClN3O2. The van der Waals surface area contributed by atoms with Gasteiger partial charge < -0.3 is 16.4 Å². The van der Waals surface area contributed by atoms with Crippen LogP contribution in [0.4, 0.5) is 11.4 Å². The summed E-state index contributed by atoms with van der Waals surface area (Å²) in [6, 6.07) is 4.36. The van der Waals surface area contributed by atoms with Crippen LogP contribution < -0.4 is 16.4 Å². The van der Waals surface area contributed by atoms with Crippen LogP contribution in [-0.2, 0) is 9.59 Å². The van der Waals surface area contributed by atoms with Crippen molar-refractivity contribution in [1.82, 2.24) is 0 Å². The van der Waals surface area contributed by atoms with Gasteiger partial charge in [0.2, 0.25) is 11.8 Å². The van der Waals surface area contributed by atoms with Crippen LogP contribution in [0.5, 0.6) is 0 Å². The number of carbonyl (C=O) groups is 2. The van der Waals surface area contributed by atoms with Crippen molar-refractivity contribution >= 4 is 34.8 Å². The summed E-state index contributed by atoms with van der Waals surface area (Å²) in [5, 5.41) is 5.67. The molecule has 0 aliphatic heterocycles. The summed E-state index contributed by atoms with van der Waals surface area (Å²) in [6.45, 7) is 3.45. The van der Waals surface area contributed by atoms with Crippen LogP contribution >= 0.6 is 11.6 Å². The summed E-state index contributed by atoms with van der Waals surface area (Å²) in [5.74, 6) is -0.438. The molecule has 0 aliphatic rings. The van der Waals surface area contributed by atoms with Gasteiger partial charge in [0.1, 0.15) is 0 Å². The first-order valence-corrected chi connectivity index (χ1v) is 6.95. The summed E-state index contributed by atoms with van der Waals surface area (Å²) < 4.78 is 0. The number of amides is 2. The standard InChI is InChI=1S/C14H20ClN3O2/c1-3-4-5-12(16)14(20)18-10-6-7-13(11(15)8-10)17-9(2)19/h6-8,12H,3-5,16H2,1-2H3,(H,17,19)(H,18,20). The molecule has 1 aromatic rings. The Balaban J connectivity index is 2.67. The van der Waals surface area contributed by atoms with Crippen LogP contribution in [0.1, 0.15) is 33.1 Å². The van der Waals surface area contributed by atoms with Crippen LogP contribution in [0, 0.1) is 0 Å². The molecule has 1 rings (SSSR count). The number of nitrogens with one attached hydrogen (secondary N) is 2. The monoisotopic (exact) mass is 297 g/mol. The van der Waals surface area contributed by atoms with Gasteiger partial charge in [-0.2, -0.15) is 0 Å². The maximum Gasteiger partial charge on any atom is 0.241 e. The maximum atomic E-state index is 11.8. The number of hydrogen-bond acceptors (Lipinski definition) is 3. The van der Waals surface area contributed by atoms with E-state index in [9.17, 15) is 9.59 Å². The Morgan fingerprint density at radius 2 is 2.05 bits per heavy atom.